The number of amides is 2. The van der Waals surface area contributed by atoms with Crippen molar-refractivity contribution in [2.45, 2.75) is 26.4 Å². The van der Waals surface area contributed by atoms with Crippen LogP contribution in [0.25, 0.3) is 0 Å². The van der Waals surface area contributed by atoms with Gasteiger partial charge in [0.25, 0.3) is 5.91 Å². The Bertz CT molecular complexity index is 829. The first-order chi connectivity index (χ1) is 15.0. The number of hydrogen-bond acceptors (Lipinski definition) is 8. The molecule has 0 fully saturated rings. The molecular formula is C21H29N5O5. The van der Waals surface area contributed by atoms with Crippen LogP contribution in [0.1, 0.15) is 30.6 Å². The second kappa shape index (κ2) is 13.3. The van der Waals surface area contributed by atoms with Crippen molar-refractivity contribution in [2.75, 3.05) is 43.6 Å². The summed E-state index contributed by atoms with van der Waals surface area (Å²) >= 11 is 0. The molecule has 0 bridgehead atoms. The number of nitrogens with two attached hydrogens (primary N) is 1. The number of nitrogens with zero attached hydrogens (tertiary/aromatic N) is 2. The normalized spacial score (nSPS) is 10.7. The van der Waals surface area contributed by atoms with Gasteiger partial charge in [-0.15, -0.1) is 10.2 Å². The largest absolute Gasteiger partial charge is 0.474 e. The van der Waals surface area contributed by atoms with Gasteiger partial charge in [-0.1, -0.05) is 12.1 Å². The molecule has 10 nitrogen and oxygen atoms in total. The van der Waals surface area contributed by atoms with E-state index in [0.717, 1.165) is 0 Å². The Labute approximate surface area is 181 Å². The molecule has 2 amide bonds. The summed E-state index contributed by atoms with van der Waals surface area (Å²) in [6.45, 7) is 5.75. The zero-order chi connectivity index (χ0) is 22.5. The number of rotatable bonds is 13. The third-order valence-corrected chi connectivity index (χ3v) is 3.79. The van der Waals surface area contributed by atoms with Crippen molar-refractivity contribution in [3.05, 3.63) is 42.0 Å². The third-order valence-electron chi connectivity index (χ3n) is 3.79. The predicted octanol–water partition coefficient (Wildman–Crippen LogP) is 1.84. The summed E-state index contributed by atoms with van der Waals surface area (Å²) in [4.78, 5) is 24.9. The Balaban J connectivity index is 1.86. The Morgan fingerprint density at radius 2 is 1.71 bits per heavy atom. The second-order valence-electron chi connectivity index (χ2n) is 6.73. The number of nitrogens with one attached hydrogen (secondary N) is 2. The molecule has 2 aromatic rings. The molecule has 0 aliphatic rings. The highest BCUT2D eigenvalue weighted by molar-refractivity contribution is 6.09. The van der Waals surface area contributed by atoms with Gasteiger partial charge in [-0.3, -0.25) is 9.59 Å². The van der Waals surface area contributed by atoms with Crippen LogP contribution in [-0.2, 0) is 14.3 Å². The van der Waals surface area contributed by atoms with Crippen molar-refractivity contribution >= 4 is 23.3 Å². The fourth-order valence-electron chi connectivity index (χ4n) is 2.45. The standard InChI is InChI=1S/C21H29N5O5/c1-15(2)31-20-8-7-18(25-26-20)24-21(28)16-5-3-4-6-17(16)23-19(27)9-11-29-13-14-30-12-10-22/h3-8,15H,9-14,22H2,1-2H3,(H,23,27)(H,24,25,28). The van der Waals surface area contributed by atoms with Gasteiger partial charge in [-0.25, -0.2) is 0 Å². The van der Waals surface area contributed by atoms with Gasteiger partial charge in [0.15, 0.2) is 5.82 Å². The number of hydrogen-bond donors (Lipinski definition) is 3. The lowest BCUT2D eigenvalue weighted by atomic mass is 10.1. The molecule has 1 aromatic heterocycles. The van der Waals surface area contributed by atoms with Gasteiger partial charge >= 0.3 is 0 Å². The Hall–Kier alpha value is -3.08. The first kappa shape index (κ1) is 24.2. The van der Waals surface area contributed by atoms with Crippen molar-refractivity contribution in [3.8, 4) is 5.88 Å². The summed E-state index contributed by atoms with van der Waals surface area (Å²) in [6.07, 6.45) is 0.121. The number of ether oxygens (including phenoxy) is 3. The van der Waals surface area contributed by atoms with Crippen molar-refractivity contribution in [2.24, 2.45) is 5.73 Å². The zero-order valence-corrected chi connectivity index (χ0v) is 17.8. The second-order valence-corrected chi connectivity index (χ2v) is 6.73. The van der Waals surface area contributed by atoms with E-state index in [-0.39, 0.29) is 30.9 Å². The molecule has 1 aromatic carbocycles. The number of anilines is 2. The molecule has 0 radical (unpaired) electrons. The summed E-state index contributed by atoms with van der Waals surface area (Å²) in [6, 6.07) is 9.92. The van der Waals surface area contributed by atoms with E-state index in [1.165, 1.54) is 0 Å². The molecular weight excluding hydrogens is 402 g/mol. The van der Waals surface area contributed by atoms with Crippen LogP contribution >= 0.6 is 0 Å². The van der Waals surface area contributed by atoms with Gasteiger partial charge in [-0.2, -0.15) is 0 Å². The van der Waals surface area contributed by atoms with Crippen LogP contribution in [0.5, 0.6) is 5.88 Å². The summed E-state index contributed by atoms with van der Waals surface area (Å²) in [5.74, 6) is -0.0459. The minimum absolute atomic E-state index is 0.0277. The van der Waals surface area contributed by atoms with Crippen molar-refractivity contribution in [1.82, 2.24) is 10.2 Å². The van der Waals surface area contributed by atoms with Crippen LogP contribution in [0.15, 0.2) is 36.4 Å². The highest BCUT2D eigenvalue weighted by Gasteiger charge is 2.14. The van der Waals surface area contributed by atoms with Crippen molar-refractivity contribution < 1.29 is 23.8 Å². The lowest BCUT2D eigenvalue weighted by molar-refractivity contribution is -0.117. The lowest BCUT2D eigenvalue weighted by Crippen LogP contribution is -2.20. The van der Waals surface area contributed by atoms with Crippen LogP contribution in [0, 0.1) is 0 Å². The monoisotopic (exact) mass is 431 g/mol. The minimum Gasteiger partial charge on any atom is -0.474 e. The van der Waals surface area contributed by atoms with Gasteiger partial charge in [0, 0.05) is 12.6 Å². The van der Waals surface area contributed by atoms with Gasteiger partial charge in [0.1, 0.15) is 0 Å². The molecule has 1 heterocycles. The van der Waals surface area contributed by atoms with Gasteiger partial charge < -0.3 is 30.6 Å². The highest BCUT2D eigenvalue weighted by atomic mass is 16.5. The van der Waals surface area contributed by atoms with E-state index in [9.17, 15) is 9.59 Å². The maximum Gasteiger partial charge on any atom is 0.258 e. The number of para-hydroxylation sites is 1. The maximum absolute atomic E-state index is 12.7. The summed E-state index contributed by atoms with van der Waals surface area (Å²) < 4.78 is 16.0. The molecule has 0 atom stereocenters. The molecule has 168 valence electrons. The van der Waals surface area contributed by atoms with E-state index in [1.807, 2.05) is 13.8 Å². The van der Waals surface area contributed by atoms with E-state index in [2.05, 4.69) is 20.8 Å². The maximum atomic E-state index is 12.7. The van der Waals surface area contributed by atoms with E-state index in [4.69, 9.17) is 19.9 Å². The minimum atomic E-state index is -0.420. The van der Waals surface area contributed by atoms with Gasteiger partial charge in [-0.05, 0) is 32.0 Å². The molecule has 0 aliphatic heterocycles. The first-order valence-electron chi connectivity index (χ1n) is 10.1. The van der Waals surface area contributed by atoms with E-state index in [0.29, 0.717) is 43.5 Å². The van der Waals surface area contributed by atoms with Gasteiger partial charge in [0.05, 0.1) is 50.2 Å². The topological polar surface area (TPSA) is 138 Å². The Morgan fingerprint density at radius 1 is 0.968 bits per heavy atom. The smallest absolute Gasteiger partial charge is 0.258 e. The Morgan fingerprint density at radius 3 is 2.39 bits per heavy atom. The van der Waals surface area contributed by atoms with Gasteiger partial charge in [0.2, 0.25) is 11.8 Å². The third kappa shape index (κ3) is 9.08. The number of aromatic nitrogens is 2. The average molecular weight is 431 g/mol. The fourth-order valence-corrected chi connectivity index (χ4v) is 2.45. The summed E-state index contributed by atoms with van der Waals surface area (Å²) in [5, 5.41) is 13.2. The van der Waals surface area contributed by atoms with Crippen molar-refractivity contribution in [3.63, 3.8) is 0 Å². The number of benzene rings is 1. The van der Waals surface area contributed by atoms with E-state index in [1.54, 1.807) is 36.4 Å². The molecule has 0 saturated heterocycles. The molecule has 0 spiro atoms. The Kier molecular flexibility index (Phi) is 10.4. The highest BCUT2D eigenvalue weighted by Crippen LogP contribution is 2.18. The molecule has 0 aliphatic carbocycles. The van der Waals surface area contributed by atoms with Crippen LogP contribution in [0.2, 0.25) is 0 Å². The van der Waals surface area contributed by atoms with Crippen LogP contribution in [0.3, 0.4) is 0 Å². The average Bonchev–Trinajstić information content (AvgIpc) is 2.74. The molecule has 0 saturated carbocycles. The summed E-state index contributed by atoms with van der Waals surface area (Å²) in [7, 11) is 0. The van der Waals surface area contributed by atoms with E-state index < -0.39 is 5.91 Å². The molecule has 2 rings (SSSR count). The molecule has 10 heteroatoms. The lowest BCUT2D eigenvalue weighted by Gasteiger charge is -2.12. The molecule has 31 heavy (non-hydrogen) atoms. The SMILES string of the molecule is CC(C)Oc1ccc(NC(=O)c2ccccc2NC(=O)CCOCCOCCN)nn1. The van der Waals surface area contributed by atoms with Crippen LogP contribution < -0.4 is 21.1 Å². The fraction of sp³-hybridized carbons (Fsp3) is 0.429. The predicted molar refractivity (Wildman–Crippen MR) is 116 cm³/mol. The van der Waals surface area contributed by atoms with E-state index >= 15 is 0 Å². The summed E-state index contributed by atoms with van der Waals surface area (Å²) in [5.41, 5.74) is 6.02. The first-order valence-corrected chi connectivity index (χ1v) is 10.1. The van der Waals surface area contributed by atoms with Crippen LogP contribution in [0.4, 0.5) is 11.5 Å². The zero-order valence-electron chi connectivity index (χ0n) is 17.8. The number of carbonyl (C=O) groups is 2. The quantitative estimate of drug-likeness (QED) is 0.409. The molecule has 0 unspecified atom stereocenters. The van der Waals surface area contributed by atoms with Crippen molar-refractivity contribution in [1.29, 1.82) is 0 Å². The number of carbonyl (C=O) groups excluding carboxylic acids is 2. The molecule has 4 N–H and O–H groups in total. The van der Waals surface area contributed by atoms with Crippen LogP contribution in [-0.4, -0.2) is 61.1 Å².